The minimum atomic E-state index is -3.68. The van der Waals surface area contributed by atoms with Crippen LogP contribution < -0.4 is 5.32 Å². The summed E-state index contributed by atoms with van der Waals surface area (Å²) in [5, 5.41) is 14.7. The van der Waals surface area contributed by atoms with E-state index in [4.69, 9.17) is 5.11 Å². The van der Waals surface area contributed by atoms with Crippen molar-refractivity contribution in [3.05, 3.63) is 22.5 Å². The van der Waals surface area contributed by atoms with Crippen LogP contribution in [0.4, 0.5) is 0 Å². The number of thiophene rings is 1. The molecule has 3 heterocycles. The second kappa shape index (κ2) is 6.29. The van der Waals surface area contributed by atoms with Crippen LogP contribution in [0.1, 0.15) is 5.01 Å². The number of carbonyl (C=O) groups is 1. The molecule has 0 saturated carbocycles. The number of aromatic nitrogens is 1. The van der Waals surface area contributed by atoms with Gasteiger partial charge in [-0.15, -0.1) is 22.7 Å². The topological polar surface area (TPSA) is 99.6 Å². The second-order valence-electron chi connectivity index (χ2n) is 5.08. The van der Waals surface area contributed by atoms with Crippen molar-refractivity contribution in [2.24, 2.45) is 0 Å². The Hall–Kier alpha value is -1.33. The average Bonchev–Trinajstić information content (AvgIpc) is 3.16. The summed E-state index contributed by atoms with van der Waals surface area (Å²) in [6, 6.07) is 2.42. The smallest absolute Gasteiger partial charge is 0.322 e. The zero-order chi connectivity index (χ0) is 16.6. The zero-order valence-electron chi connectivity index (χ0n) is 12.2. The van der Waals surface area contributed by atoms with Crippen molar-refractivity contribution in [3.63, 3.8) is 0 Å². The maximum Gasteiger partial charge on any atom is 0.322 e. The van der Waals surface area contributed by atoms with Gasteiger partial charge in [-0.25, -0.2) is 13.4 Å². The molecule has 2 aromatic rings. The molecule has 2 N–H and O–H groups in total. The van der Waals surface area contributed by atoms with E-state index in [9.17, 15) is 13.2 Å². The first-order valence-electron chi connectivity index (χ1n) is 6.86. The Morgan fingerprint density at radius 3 is 2.91 bits per heavy atom. The van der Waals surface area contributed by atoms with Gasteiger partial charge in [-0.2, -0.15) is 4.31 Å². The number of sulfonamides is 1. The molecule has 0 bridgehead atoms. The first-order chi connectivity index (χ1) is 10.9. The van der Waals surface area contributed by atoms with E-state index in [0.29, 0.717) is 6.54 Å². The van der Waals surface area contributed by atoms with Gasteiger partial charge < -0.3 is 10.4 Å². The van der Waals surface area contributed by atoms with Crippen molar-refractivity contribution in [1.82, 2.24) is 14.6 Å². The summed E-state index contributed by atoms with van der Waals surface area (Å²) in [7, 11) is -3.68. The van der Waals surface area contributed by atoms with E-state index in [1.165, 1.54) is 15.6 Å². The number of rotatable bonds is 4. The Kier molecular flexibility index (Phi) is 4.52. The fourth-order valence-electron chi connectivity index (χ4n) is 2.31. The first kappa shape index (κ1) is 16.5. The van der Waals surface area contributed by atoms with E-state index in [0.717, 1.165) is 26.9 Å². The molecule has 0 radical (unpaired) electrons. The third-order valence-corrected chi connectivity index (χ3v) is 7.70. The monoisotopic (exact) mass is 373 g/mol. The van der Waals surface area contributed by atoms with Gasteiger partial charge in [0.2, 0.25) is 0 Å². The normalized spacial score (nSPS) is 19.8. The molecule has 1 atom stereocenters. The lowest BCUT2D eigenvalue weighted by atomic mass is 10.2. The summed E-state index contributed by atoms with van der Waals surface area (Å²) in [5.41, 5.74) is 0.766. The van der Waals surface area contributed by atoms with E-state index >= 15 is 0 Å². The highest BCUT2D eigenvalue weighted by Crippen LogP contribution is 2.33. The summed E-state index contributed by atoms with van der Waals surface area (Å²) in [5.74, 6) is -1.05. The van der Waals surface area contributed by atoms with Crippen LogP contribution in [-0.4, -0.2) is 54.5 Å². The number of aryl methyl sites for hydroxylation is 1. The Bertz CT molecular complexity index is 827. The molecule has 1 saturated heterocycles. The van der Waals surface area contributed by atoms with Crippen molar-refractivity contribution in [2.75, 3.05) is 19.6 Å². The number of carboxylic acids is 1. The Labute approximate surface area is 141 Å². The van der Waals surface area contributed by atoms with Gasteiger partial charge in [0.05, 0.1) is 15.6 Å². The van der Waals surface area contributed by atoms with Crippen LogP contribution in [-0.2, 0) is 14.8 Å². The Morgan fingerprint density at radius 1 is 1.48 bits per heavy atom. The first-order valence-corrected chi connectivity index (χ1v) is 10.0. The quantitative estimate of drug-likeness (QED) is 0.836. The fraction of sp³-hybridized carbons (Fsp3) is 0.385. The number of aliphatic carboxylic acids is 1. The van der Waals surface area contributed by atoms with E-state index in [1.54, 1.807) is 12.1 Å². The molecule has 0 aromatic carbocycles. The van der Waals surface area contributed by atoms with Gasteiger partial charge in [-0.05, 0) is 19.1 Å². The lowest BCUT2D eigenvalue weighted by molar-refractivity contribution is -0.140. The van der Waals surface area contributed by atoms with E-state index < -0.39 is 22.0 Å². The Balaban J connectivity index is 1.85. The maximum atomic E-state index is 12.7. The number of thiazole rings is 1. The minimum Gasteiger partial charge on any atom is -0.480 e. The van der Waals surface area contributed by atoms with Crippen LogP contribution in [0, 0.1) is 6.92 Å². The fourth-order valence-corrected chi connectivity index (χ4v) is 5.87. The van der Waals surface area contributed by atoms with Crippen LogP contribution in [0.15, 0.2) is 21.7 Å². The lowest BCUT2D eigenvalue weighted by Gasteiger charge is -2.30. The molecule has 124 valence electrons. The molecule has 7 nitrogen and oxygen atoms in total. The van der Waals surface area contributed by atoms with Gasteiger partial charge in [-0.3, -0.25) is 4.79 Å². The summed E-state index contributed by atoms with van der Waals surface area (Å²) < 4.78 is 26.8. The SMILES string of the molecule is Cc1nc(-c2ccc(S(=O)(=O)N3CCN[C@H](C(=O)O)C3)s2)cs1. The molecule has 0 amide bonds. The molecule has 0 spiro atoms. The summed E-state index contributed by atoms with van der Waals surface area (Å²) in [4.78, 5) is 16.2. The van der Waals surface area contributed by atoms with Crippen LogP contribution in [0.3, 0.4) is 0 Å². The van der Waals surface area contributed by atoms with Crippen LogP contribution >= 0.6 is 22.7 Å². The van der Waals surface area contributed by atoms with Crippen molar-refractivity contribution < 1.29 is 18.3 Å². The molecule has 0 aliphatic carbocycles. The maximum absolute atomic E-state index is 12.7. The van der Waals surface area contributed by atoms with Crippen LogP contribution in [0.2, 0.25) is 0 Å². The largest absolute Gasteiger partial charge is 0.480 e. The van der Waals surface area contributed by atoms with Crippen molar-refractivity contribution in [3.8, 4) is 10.6 Å². The molecule has 1 aliphatic rings. The van der Waals surface area contributed by atoms with Crippen molar-refractivity contribution >= 4 is 38.7 Å². The highest BCUT2D eigenvalue weighted by Gasteiger charge is 2.33. The van der Waals surface area contributed by atoms with Gasteiger partial charge in [0.15, 0.2) is 0 Å². The van der Waals surface area contributed by atoms with Crippen LogP contribution in [0.5, 0.6) is 0 Å². The Morgan fingerprint density at radius 2 is 2.26 bits per heavy atom. The van der Waals surface area contributed by atoms with Gasteiger partial charge in [0, 0.05) is 25.0 Å². The van der Waals surface area contributed by atoms with Gasteiger partial charge in [-0.1, -0.05) is 0 Å². The minimum absolute atomic E-state index is 0.0687. The molecular formula is C13H15N3O4S3. The second-order valence-corrected chi connectivity index (χ2v) is 9.39. The molecule has 23 heavy (non-hydrogen) atoms. The predicted octanol–water partition coefficient (Wildman–Crippen LogP) is 1.23. The van der Waals surface area contributed by atoms with E-state index in [-0.39, 0.29) is 17.3 Å². The summed E-state index contributed by atoms with van der Waals surface area (Å²) in [6.07, 6.45) is 0. The third kappa shape index (κ3) is 3.31. The third-order valence-electron chi connectivity index (χ3n) is 3.48. The molecule has 0 unspecified atom stereocenters. The summed E-state index contributed by atoms with van der Waals surface area (Å²) in [6.45, 7) is 2.40. The van der Waals surface area contributed by atoms with Gasteiger partial charge in [0.1, 0.15) is 10.3 Å². The predicted molar refractivity (Wildman–Crippen MR) is 88.3 cm³/mol. The number of nitrogens with zero attached hydrogens (tertiary/aromatic N) is 2. The summed E-state index contributed by atoms with van der Waals surface area (Å²) >= 11 is 2.67. The molecule has 3 rings (SSSR count). The highest BCUT2D eigenvalue weighted by atomic mass is 32.2. The van der Waals surface area contributed by atoms with E-state index in [1.807, 2.05) is 12.3 Å². The molecule has 10 heteroatoms. The van der Waals surface area contributed by atoms with Crippen molar-refractivity contribution in [2.45, 2.75) is 17.2 Å². The molecule has 1 fully saturated rings. The van der Waals surface area contributed by atoms with E-state index in [2.05, 4.69) is 10.3 Å². The number of hydrogen-bond acceptors (Lipinski definition) is 7. The number of hydrogen-bond donors (Lipinski definition) is 2. The number of nitrogens with one attached hydrogen (secondary N) is 1. The zero-order valence-corrected chi connectivity index (χ0v) is 14.7. The van der Waals surface area contributed by atoms with Gasteiger partial charge in [0.25, 0.3) is 10.0 Å². The van der Waals surface area contributed by atoms with Crippen molar-refractivity contribution in [1.29, 1.82) is 0 Å². The average molecular weight is 373 g/mol. The molecule has 2 aromatic heterocycles. The molecule has 1 aliphatic heterocycles. The highest BCUT2D eigenvalue weighted by molar-refractivity contribution is 7.91. The van der Waals surface area contributed by atoms with Gasteiger partial charge >= 0.3 is 5.97 Å². The number of carboxylic acid groups (broad SMARTS) is 1. The lowest BCUT2D eigenvalue weighted by Crippen LogP contribution is -2.55. The molecular weight excluding hydrogens is 358 g/mol. The standard InChI is InChI=1S/C13H15N3O4S3/c1-8-15-10(7-21-8)11-2-3-12(22-11)23(19,20)16-5-4-14-9(6-16)13(17)18/h2-3,7,9,14H,4-6H2,1H3,(H,17,18)/t9-/m0/s1. The number of piperazine rings is 1. The van der Waals surface area contributed by atoms with Crippen LogP contribution in [0.25, 0.3) is 10.6 Å².